The van der Waals surface area contributed by atoms with E-state index in [0.717, 1.165) is 15.5 Å². The predicted octanol–water partition coefficient (Wildman–Crippen LogP) is 2.45. The van der Waals surface area contributed by atoms with Gasteiger partial charge in [-0.3, -0.25) is 10.1 Å². The Labute approximate surface area is 135 Å². The van der Waals surface area contributed by atoms with Crippen molar-refractivity contribution >= 4 is 34.1 Å². The third kappa shape index (κ3) is 2.80. The lowest BCUT2D eigenvalue weighted by Crippen LogP contribution is -2.14. The number of ether oxygens (including phenoxy) is 1. The first-order valence-corrected chi connectivity index (χ1v) is 7.63. The summed E-state index contributed by atoms with van der Waals surface area (Å²) >= 11 is 1.51. The molecule has 0 spiro atoms. The summed E-state index contributed by atoms with van der Waals surface area (Å²) in [6, 6.07) is 6.28. The fraction of sp³-hybridized carbons (Fsp3) is 0.200. The zero-order valence-corrected chi connectivity index (χ0v) is 13.6. The summed E-state index contributed by atoms with van der Waals surface area (Å²) in [4.78, 5) is 29.9. The van der Waals surface area contributed by atoms with Gasteiger partial charge >= 0.3 is 5.97 Å². The number of thiazole rings is 1. The lowest BCUT2D eigenvalue weighted by molar-refractivity contribution is 0.0600. The van der Waals surface area contributed by atoms with Gasteiger partial charge in [-0.1, -0.05) is 17.4 Å². The number of esters is 1. The van der Waals surface area contributed by atoms with Gasteiger partial charge in [-0.2, -0.15) is 4.98 Å². The highest BCUT2D eigenvalue weighted by atomic mass is 32.1. The summed E-state index contributed by atoms with van der Waals surface area (Å²) in [5.74, 6) is -0.650. The number of nitrogens with zero attached hydrogens (tertiary/aromatic N) is 3. The number of carbonyl (C=O) groups excluding carboxylic acids is 2. The van der Waals surface area contributed by atoms with Crippen LogP contribution < -0.4 is 5.32 Å². The Morgan fingerprint density at radius 2 is 2.00 bits per heavy atom. The number of anilines is 1. The highest BCUT2D eigenvalue weighted by molar-refractivity contribution is 7.17. The van der Waals surface area contributed by atoms with Gasteiger partial charge in [0, 0.05) is 10.4 Å². The van der Waals surface area contributed by atoms with Gasteiger partial charge in [-0.15, -0.1) is 5.10 Å². The van der Waals surface area contributed by atoms with E-state index >= 15 is 0 Å². The number of fused-ring (bicyclic) bond motifs is 1. The van der Waals surface area contributed by atoms with Crippen LogP contribution in [0, 0.1) is 13.8 Å². The molecule has 118 valence electrons. The third-order valence-corrected chi connectivity index (χ3v) is 4.47. The molecule has 2 aromatic heterocycles. The van der Waals surface area contributed by atoms with Crippen LogP contribution in [0.3, 0.4) is 0 Å². The summed E-state index contributed by atoms with van der Waals surface area (Å²) < 4.78 is 6.34. The topological polar surface area (TPSA) is 85.6 Å². The molecule has 0 aliphatic rings. The summed E-state index contributed by atoms with van der Waals surface area (Å²) in [6.45, 7) is 3.94. The number of benzene rings is 1. The largest absolute Gasteiger partial charge is 0.465 e. The molecule has 3 aromatic rings. The maximum Gasteiger partial charge on any atom is 0.337 e. The molecule has 0 saturated carbocycles. The van der Waals surface area contributed by atoms with Crippen LogP contribution in [0.25, 0.3) is 4.96 Å². The van der Waals surface area contributed by atoms with E-state index in [0.29, 0.717) is 11.1 Å². The number of hydrogen-bond donors (Lipinski definition) is 1. The molecule has 2 heterocycles. The molecule has 3 rings (SSSR count). The normalized spacial score (nSPS) is 10.7. The van der Waals surface area contributed by atoms with Gasteiger partial charge in [-0.05, 0) is 32.0 Å². The summed E-state index contributed by atoms with van der Waals surface area (Å²) in [6.07, 6.45) is 0. The van der Waals surface area contributed by atoms with Gasteiger partial charge in [0.15, 0.2) is 0 Å². The van der Waals surface area contributed by atoms with Crippen molar-refractivity contribution in [3.05, 3.63) is 46.0 Å². The second-order valence-corrected chi connectivity index (χ2v) is 6.08. The van der Waals surface area contributed by atoms with Gasteiger partial charge in [0.05, 0.1) is 18.4 Å². The minimum absolute atomic E-state index is 0.229. The maximum absolute atomic E-state index is 12.3. The van der Waals surface area contributed by atoms with Crippen molar-refractivity contribution in [2.75, 3.05) is 12.4 Å². The van der Waals surface area contributed by atoms with E-state index < -0.39 is 5.97 Å². The number of amides is 1. The van der Waals surface area contributed by atoms with Crippen molar-refractivity contribution in [3.63, 3.8) is 0 Å². The number of carbonyl (C=O) groups is 2. The van der Waals surface area contributed by atoms with E-state index in [1.807, 2.05) is 13.8 Å². The Hall–Kier alpha value is -2.74. The molecule has 0 fully saturated rings. The van der Waals surface area contributed by atoms with Gasteiger partial charge < -0.3 is 4.74 Å². The van der Waals surface area contributed by atoms with Crippen LogP contribution in [0.2, 0.25) is 0 Å². The maximum atomic E-state index is 12.3. The SMILES string of the molecule is COC(=O)c1cccc(C(=O)Nc2nc3sc(C)c(C)n3n2)c1. The van der Waals surface area contributed by atoms with E-state index in [-0.39, 0.29) is 11.9 Å². The lowest BCUT2D eigenvalue weighted by Gasteiger charge is -2.03. The van der Waals surface area contributed by atoms with Gasteiger partial charge in [0.1, 0.15) is 0 Å². The minimum Gasteiger partial charge on any atom is -0.465 e. The fourth-order valence-corrected chi connectivity index (χ4v) is 2.98. The van der Waals surface area contributed by atoms with Crippen LogP contribution in [-0.4, -0.2) is 33.6 Å². The van der Waals surface area contributed by atoms with Crippen molar-refractivity contribution < 1.29 is 14.3 Å². The molecule has 1 aromatic carbocycles. The quantitative estimate of drug-likeness (QED) is 0.746. The van der Waals surface area contributed by atoms with E-state index in [4.69, 9.17) is 0 Å². The summed E-state index contributed by atoms with van der Waals surface area (Å²) in [5.41, 5.74) is 1.63. The first-order valence-electron chi connectivity index (χ1n) is 6.82. The molecule has 0 aliphatic heterocycles. The Balaban J connectivity index is 1.84. The number of aromatic nitrogens is 3. The van der Waals surface area contributed by atoms with Crippen molar-refractivity contribution in [2.45, 2.75) is 13.8 Å². The minimum atomic E-state index is -0.494. The molecule has 1 N–H and O–H groups in total. The van der Waals surface area contributed by atoms with Crippen molar-refractivity contribution in [1.29, 1.82) is 0 Å². The number of aryl methyl sites for hydroxylation is 2. The molecular formula is C15H14N4O3S. The molecule has 0 saturated heterocycles. The Bertz CT molecular complexity index is 913. The molecule has 0 aliphatic carbocycles. The molecular weight excluding hydrogens is 316 g/mol. The summed E-state index contributed by atoms with van der Waals surface area (Å²) in [5, 5.41) is 6.90. The Morgan fingerprint density at radius 1 is 1.26 bits per heavy atom. The highest BCUT2D eigenvalue weighted by Crippen LogP contribution is 2.21. The van der Waals surface area contributed by atoms with Crippen LogP contribution >= 0.6 is 11.3 Å². The number of nitrogens with one attached hydrogen (secondary N) is 1. The number of methoxy groups -OCH3 is 1. The van der Waals surface area contributed by atoms with Crippen molar-refractivity contribution in [1.82, 2.24) is 14.6 Å². The average Bonchev–Trinajstić information content (AvgIpc) is 3.06. The molecule has 7 nitrogen and oxygen atoms in total. The first kappa shape index (κ1) is 15.2. The van der Waals surface area contributed by atoms with Crippen molar-refractivity contribution in [3.8, 4) is 0 Å². The van der Waals surface area contributed by atoms with E-state index in [9.17, 15) is 9.59 Å². The predicted molar refractivity (Wildman–Crippen MR) is 86.1 cm³/mol. The Kier molecular flexibility index (Phi) is 3.83. The van der Waals surface area contributed by atoms with Crippen LogP contribution in [0.1, 0.15) is 31.3 Å². The lowest BCUT2D eigenvalue weighted by atomic mass is 10.1. The molecule has 23 heavy (non-hydrogen) atoms. The zero-order chi connectivity index (χ0) is 16.6. The van der Waals surface area contributed by atoms with Gasteiger partial charge in [-0.25, -0.2) is 9.31 Å². The van der Waals surface area contributed by atoms with E-state index in [1.54, 1.807) is 22.7 Å². The number of hydrogen-bond acceptors (Lipinski definition) is 6. The van der Waals surface area contributed by atoms with Gasteiger partial charge in [0.25, 0.3) is 11.9 Å². The molecule has 0 unspecified atom stereocenters. The highest BCUT2D eigenvalue weighted by Gasteiger charge is 2.15. The number of rotatable bonds is 3. The van der Waals surface area contributed by atoms with Crippen LogP contribution in [0.4, 0.5) is 5.95 Å². The first-order chi connectivity index (χ1) is 11.0. The Morgan fingerprint density at radius 3 is 2.70 bits per heavy atom. The summed E-state index contributed by atoms with van der Waals surface area (Å²) in [7, 11) is 1.29. The smallest absolute Gasteiger partial charge is 0.337 e. The van der Waals surface area contributed by atoms with Gasteiger partial charge in [0.2, 0.25) is 4.96 Å². The average molecular weight is 330 g/mol. The van der Waals surface area contributed by atoms with Crippen LogP contribution in [0.5, 0.6) is 0 Å². The molecule has 0 atom stereocenters. The van der Waals surface area contributed by atoms with Crippen LogP contribution in [-0.2, 0) is 4.74 Å². The monoisotopic (exact) mass is 330 g/mol. The molecule has 0 bridgehead atoms. The van der Waals surface area contributed by atoms with Crippen molar-refractivity contribution in [2.24, 2.45) is 0 Å². The standard InChI is InChI=1S/C15H14N4O3S/c1-8-9(2)23-15-17-14(18-19(8)15)16-12(20)10-5-4-6-11(7-10)13(21)22-3/h4-7H,1-3H3,(H,16,18,20). The van der Waals surface area contributed by atoms with Crippen LogP contribution in [0.15, 0.2) is 24.3 Å². The molecule has 0 radical (unpaired) electrons. The zero-order valence-electron chi connectivity index (χ0n) is 12.8. The molecule has 8 heteroatoms. The fourth-order valence-electron chi connectivity index (χ4n) is 2.07. The molecule has 1 amide bonds. The van der Waals surface area contributed by atoms with E-state index in [2.05, 4.69) is 20.1 Å². The van der Waals surface area contributed by atoms with E-state index in [1.165, 1.54) is 24.5 Å². The second kappa shape index (κ2) is 5.81. The second-order valence-electron chi connectivity index (χ2n) is 4.90. The third-order valence-electron chi connectivity index (χ3n) is 3.42.